The lowest BCUT2D eigenvalue weighted by molar-refractivity contribution is 0.215. The van der Waals surface area contributed by atoms with E-state index in [-0.39, 0.29) is 0 Å². The Morgan fingerprint density at radius 3 is 2.11 bits per heavy atom. The minimum absolute atomic E-state index is 0.454. The summed E-state index contributed by atoms with van der Waals surface area (Å²) in [6.45, 7) is 0.934. The lowest BCUT2D eigenvalue weighted by Gasteiger charge is -2.11. The molecule has 0 spiro atoms. The lowest BCUT2D eigenvalue weighted by atomic mass is 10.3. The Morgan fingerprint density at radius 2 is 1.47 bits per heavy atom. The van der Waals surface area contributed by atoms with Gasteiger partial charge >= 0.3 is 0 Å². The molecule has 2 aromatic rings. The molecule has 3 nitrogen and oxygen atoms in total. The highest BCUT2D eigenvalue weighted by atomic mass is 79.9. The molecule has 0 atom stereocenters. The zero-order valence-corrected chi connectivity index (χ0v) is 13.3. The summed E-state index contributed by atoms with van der Waals surface area (Å²) >= 11 is 6.84. The zero-order valence-electron chi connectivity index (χ0n) is 10.1. The highest BCUT2D eigenvalue weighted by molar-refractivity contribution is 9.11. The molecular formula is C14H13Br2NO2. The number of halogens is 2. The smallest absolute Gasteiger partial charge is 0.147 e. The van der Waals surface area contributed by atoms with E-state index in [0.717, 1.165) is 20.4 Å². The molecule has 2 aromatic carbocycles. The van der Waals surface area contributed by atoms with Crippen LogP contribution >= 0.6 is 31.9 Å². The van der Waals surface area contributed by atoms with E-state index in [4.69, 9.17) is 15.2 Å². The first-order chi connectivity index (χ1) is 9.16. The summed E-state index contributed by atoms with van der Waals surface area (Å²) in [6, 6.07) is 13.2. The summed E-state index contributed by atoms with van der Waals surface area (Å²) in [5.41, 5.74) is 6.39. The molecule has 0 heterocycles. The first-order valence-electron chi connectivity index (χ1n) is 5.72. The third-order valence-corrected chi connectivity index (χ3v) is 3.54. The van der Waals surface area contributed by atoms with Crippen molar-refractivity contribution >= 4 is 37.5 Å². The van der Waals surface area contributed by atoms with E-state index in [1.165, 1.54) is 0 Å². The standard InChI is InChI=1S/C14H13Br2NO2/c15-12-8-10(17)9-13(16)14(12)19-7-6-18-11-4-2-1-3-5-11/h1-5,8-9H,6-7,17H2. The van der Waals surface area contributed by atoms with Gasteiger partial charge in [-0.15, -0.1) is 0 Å². The molecule has 0 aromatic heterocycles. The first-order valence-corrected chi connectivity index (χ1v) is 7.30. The van der Waals surface area contributed by atoms with E-state index in [2.05, 4.69) is 31.9 Å². The fourth-order valence-corrected chi connectivity index (χ4v) is 2.99. The predicted molar refractivity (Wildman–Crippen MR) is 83.7 cm³/mol. The van der Waals surface area contributed by atoms with Gasteiger partial charge in [-0.25, -0.2) is 0 Å². The second kappa shape index (κ2) is 6.82. The monoisotopic (exact) mass is 385 g/mol. The molecule has 0 saturated carbocycles. The third kappa shape index (κ3) is 4.14. The summed E-state index contributed by atoms with van der Waals surface area (Å²) in [6.07, 6.45) is 0. The van der Waals surface area contributed by atoms with Crippen molar-refractivity contribution in [3.8, 4) is 11.5 Å². The van der Waals surface area contributed by atoms with Crippen molar-refractivity contribution in [2.24, 2.45) is 0 Å². The molecule has 0 aliphatic heterocycles. The quantitative estimate of drug-likeness (QED) is 0.617. The van der Waals surface area contributed by atoms with Crippen LogP contribution in [0.5, 0.6) is 11.5 Å². The van der Waals surface area contributed by atoms with Crippen LogP contribution in [0.15, 0.2) is 51.4 Å². The van der Waals surface area contributed by atoms with Crippen molar-refractivity contribution in [1.82, 2.24) is 0 Å². The zero-order chi connectivity index (χ0) is 13.7. The maximum absolute atomic E-state index is 5.72. The molecule has 0 aliphatic carbocycles. The second-order valence-electron chi connectivity index (χ2n) is 3.82. The number of ether oxygens (including phenoxy) is 2. The number of hydrogen-bond donors (Lipinski definition) is 1. The summed E-state index contributed by atoms with van der Waals surface area (Å²) in [5, 5.41) is 0. The van der Waals surface area contributed by atoms with E-state index in [1.54, 1.807) is 12.1 Å². The molecule has 0 amide bonds. The predicted octanol–water partition coefficient (Wildman–Crippen LogP) is 4.25. The molecule has 2 N–H and O–H groups in total. The van der Waals surface area contributed by atoms with Crippen molar-refractivity contribution < 1.29 is 9.47 Å². The van der Waals surface area contributed by atoms with Crippen molar-refractivity contribution in [2.75, 3.05) is 18.9 Å². The van der Waals surface area contributed by atoms with Crippen molar-refractivity contribution in [3.63, 3.8) is 0 Å². The van der Waals surface area contributed by atoms with Crippen LogP contribution in [-0.2, 0) is 0 Å². The Balaban J connectivity index is 1.86. The fraction of sp³-hybridized carbons (Fsp3) is 0.143. The molecule has 0 fully saturated rings. The molecule has 0 unspecified atom stereocenters. The van der Waals surface area contributed by atoms with E-state index in [0.29, 0.717) is 18.9 Å². The normalized spacial score (nSPS) is 10.2. The summed E-state index contributed by atoms with van der Waals surface area (Å²) in [4.78, 5) is 0. The maximum Gasteiger partial charge on any atom is 0.147 e. The molecular weight excluding hydrogens is 374 g/mol. The Kier molecular flexibility index (Phi) is 5.10. The number of para-hydroxylation sites is 1. The van der Waals surface area contributed by atoms with Crippen LogP contribution in [0.4, 0.5) is 5.69 Å². The molecule has 19 heavy (non-hydrogen) atoms. The Labute approximate surface area is 129 Å². The topological polar surface area (TPSA) is 44.5 Å². The Bertz CT molecular complexity index is 523. The average molecular weight is 387 g/mol. The number of nitrogen functional groups attached to an aromatic ring is 1. The van der Waals surface area contributed by atoms with Crippen LogP contribution in [0.1, 0.15) is 0 Å². The van der Waals surface area contributed by atoms with Gasteiger partial charge in [0.15, 0.2) is 0 Å². The molecule has 0 saturated heterocycles. The average Bonchev–Trinajstić information content (AvgIpc) is 2.38. The number of hydrogen-bond acceptors (Lipinski definition) is 3. The van der Waals surface area contributed by atoms with Gasteiger partial charge in [-0.2, -0.15) is 0 Å². The molecule has 100 valence electrons. The van der Waals surface area contributed by atoms with Gasteiger partial charge in [0.1, 0.15) is 24.7 Å². The number of anilines is 1. The van der Waals surface area contributed by atoms with Crippen molar-refractivity contribution in [3.05, 3.63) is 51.4 Å². The highest BCUT2D eigenvalue weighted by Crippen LogP contribution is 2.35. The summed E-state index contributed by atoms with van der Waals surface area (Å²) in [5.74, 6) is 1.56. The van der Waals surface area contributed by atoms with Gasteiger partial charge in [-0.05, 0) is 56.1 Å². The van der Waals surface area contributed by atoms with E-state index in [9.17, 15) is 0 Å². The SMILES string of the molecule is Nc1cc(Br)c(OCCOc2ccccc2)c(Br)c1. The van der Waals surface area contributed by atoms with Gasteiger partial charge in [-0.1, -0.05) is 18.2 Å². The molecule has 5 heteroatoms. The molecule has 2 rings (SSSR count). The summed E-state index contributed by atoms with van der Waals surface area (Å²) < 4.78 is 12.9. The van der Waals surface area contributed by atoms with Gasteiger partial charge in [-0.3, -0.25) is 0 Å². The Hall–Kier alpha value is -1.20. The molecule has 0 bridgehead atoms. The van der Waals surface area contributed by atoms with Gasteiger partial charge in [0, 0.05) is 5.69 Å². The van der Waals surface area contributed by atoms with E-state index >= 15 is 0 Å². The van der Waals surface area contributed by atoms with Crippen LogP contribution in [0, 0.1) is 0 Å². The van der Waals surface area contributed by atoms with E-state index in [1.807, 2.05) is 30.3 Å². The third-order valence-electron chi connectivity index (χ3n) is 2.36. The van der Waals surface area contributed by atoms with Crippen LogP contribution in [0.3, 0.4) is 0 Å². The van der Waals surface area contributed by atoms with E-state index < -0.39 is 0 Å². The highest BCUT2D eigenvalue weighted by Gasteiger charge is 2.07. The molecule has 0 aliphatic rings. The number of nitrogens with two attached hydrogens (primary N) is 1. The summed E-state index contributed by atoms with van der Waals surface area (Å²) in [7, 11) is 0. The lowest BCUT2D eigenvalue weighted by Crippen LogP contribution is -2.09. The van der Waals surface area contributed by atoms with Gasteiger partial charge in [0.05, 0.1) is 8.95 Å². The van der Waals surface area contributed by atoms with Gasteiger partial charge in [0.2, 0.25) is 0 Å². The van der Waals surface area contributed by atoms with Crippen LogP contribution in [0.25, 0.3) is 0 Å². The van der Waals surface area contributed by atoms with Crippen LogP contribution in [-0.4, -0.2) is 13.2 Å². The van der Waals surface area contributed by atoms with Crippen molar-refractivity contribution in [1.29, 1.82) is 0 Å². The van der Waals surface area contributed by atoms with Crippen LogP contribution < -0.4 is 15.2 Å². The van der Waals surface area contributed by atoms with Gasteiger partial charge in [0.25, 0.3) is 0 Å². The van der Waals surface area contributed by atoms with Gasteiger partial charge < -0.3 is 15.2 Å². The number of rotatable bonds is 5. The molecule has 0 radical (unpaired) electrons. The fourth-order valence-electron chi connectivity index (χ4n) is 1.54. The Morgan fingerprint density at radius 1 is 0.895 bits per heavy atom. The minimum Gasteiger partial charge on any atom is -0.490 e. The maximum atomic E-state index is 5.72. The van der Waals surface area contributed by atoms with Crippen molar-refractivity contribution in [2.45, 2.75) is 0 Å². The second-order valence-corrected chi connectivity index (χ2v) is 5.53. The largest absolute Gasteiger partial charge is 0.490 e. The minimum atomic E-state index is 0.454. The van der Waals surface area contributed by atoms with Crippen LogP contribution in [0.2, 0.25) is 0 Å². The number of benzene rings is 2. The first kappa shape index (κ1) is 14.2.